The van der Waals surface area contributed by atoms with Crippen LogP contribution in [0, 0.1) is 11.6 Å². The molecule has 0 saturated heterocycles. The Bertz CT molecular complexity index is 508. The number of nitrogens with one attached hydrogen (secondary N) is 1. The minimum absolute atomic E-state index is 0.391. The van der Waals surface area contributed by atoms with Crippen LogP contribution in [0.15, 0.2) is 42.5 Å². The summed E-state index contributed by atoms with van der Waals surface area (Å²) in [6, 6.07) is 10.6. The molecule has 0 aromatic heterocycles. The van der Waals surface area contributed by atoms with Crippen molar-refractivity contribution in [3.63, 3.8) is 0 Å². The normalized spacial score (nSPS) is 10.3. The van der Waals surface area contributed by atoms with E-state index >= 15 is 0 Å². The second kappa shape index (κ2) is 5.15. The first-order valence-corrected chi connectivity index (χ1v) is 5.46. The number of halogens is 3. The monoisotopic (exact) mass is 253 g/mol. The number of hydrogen-bond donors (Lipinski definition) is 1. The summed E-state index contributed by atoms with van der Waals surface area (Å²) in [4.78, 5) is 0. The van der Waals surface area contributed by atoms with Crippen LogP contribution in [-0.2, 0) is 6.54 Å². The van der Waals surface area contributed by atoms with Gasteiger partial charge in [-0.15, -0.1) is 0 Å². The van der Waals surface area contributed by atoms with Crippen molar-refractivity contribution in [1.82, 2.24) is 0 Å². The Morgan fingerprint density at radius 1 is 1.00 bits per heavy atom. The second-order valence-corrected chi connectivity index (χ2v) is 4.01. The summed E-state index contributed by atoms with van der Waals surface area (Å²) in [5.41, 5.74) is 1.27. The topological polar surface area (TPSA) is 12.0 Å². The van der Waals surface area contributed by atoms with Gasteiger partial charge in [-0.05, 0) is 23.8 Å². The molecule has 2 aromatic rings. The van der Waals surface area contributed by atoms with Crippen LogP contribution in [0.4, 0.5) is 14.5 Å². The van der Waals surface area contributed by atoms with Crippen molar-refractivity contribution in [3.8, 4) is 0 Å². The SMILES string of the molecule is Fc1cc(F)cc(NCc2ccccc2Cl)c1. The number of hydrogen-bond acceptors (Lipinski definition) is 1. The van der Waals surface area contributed by atoms with Crippen molar-refractivity contribution in [2.45, 2.75) is 6.54 Å². The number of anilines is 1. The summed E-state index contributed by atoms with van der Waals surface area (Å²) in [5, 5.41) is 3.54. The van der Waals surface area contributed by atoms with E-state index < -0.39 is 11.6 Å². The zero-order valence-electron chi connectivity index (χ0n) is 8.88. The third kappa shape index (κ3) is 3.17. The van der Waals surface area contributed by atoms with Gasteiger partial charge in [0, 0.05) is 23.3 Å². The first kappa shape index (κ1) is 11.9. The van der Waals surface area contributed by atoms with Crippen molar-refractivity contribution >= 4 is 17.3 Å². The van der Waals surface area contributed by atoms with Crippen molar-refractivity contribution in [1.29, 1.82) is 0 Å². The molecule has 1 N–H and O–H groups in total. The molecular formula is C13H10ClF2N. The Hall–Kier alpha value is -1.61. The van der Waals surface area contributed by atoms with Crippen molar-refractivity contribution in [2.75, 3.05) is 5.32 Å². The van der Waals surface area contributed by atoms with E-state index in [0.29, 0.717) is 17.3 Å². The van der Waals surface area contributed by atoms with Crippen LogP contribution >= 0.6 is 11.6 Å². The largest absolute Gasteiger partial charge is 0.381 e. The molecule has 0 bridgehead atoms. The Morgan fingerprint density at radius 3 is 2.29 bits per heavy atom. The lowest BCUT2D eigenvalue weighted by atomic mass is 10.2. The molecule has 88 valence electrons. The molecule has 17 heavy (non-hydrogen) atoms. The van der Waals surface area contributed by atoms with Gasteiger partial charge in [0.15, 0.2) is 0 Å². The molecule has 2 rings (SSSR count). The third-order valence-electron chi connectivity index (χ3n) is 2.30. The highest BCUT2D eigenvalue weighted by atomic mass is 35.5. The van der Waals surface area contributed by atoms with Crippen LogP contribution in [-0.4, -0.2) is 0 Å². The Morgan fingerprint density at radius 2 is 1.65 bits per heavy atom. The van der Waals surface area contributed by atoms with Crippen LogP contribution in [0.2, 0.25) is 5.02 Å². The fourth-order valence-corrected chi connectivity index (χ4v) is 1.70. The lowest BCUT2D eigenvalue weighted by molar-refractivity contribution is 0.584. The predicted molar refractivity (Wildman–Crippen MR) is 65.1 cm³/mol. The summed E-state index contributed by atoms with van der Waals surface area (Å²) in [7, 11) is 0. The molecule has 0 aliphatic carbocycles. The molecule has 0 radical (unpaired) electrons. The standard InChI is InChI=1S/C13H10ClF2N/c14-13-4-2-1-3-9(13)8-17-12-6-10(15)5-11(16)7-12/h1-7,17H,8H2. The molecule has 2 aromatic carbocycles. The maximum absolute atomic E-state index is 12.9. The molecule has 0 aliphatic heterocycles. The van der Waals surface area contributed by atoms with Gasteiger partial charge in [-0.2, -0.15) is 0 Å². The van der Waals surface area contributed by atoms with Gasteiger partial charge >= 0.3 is 0 Å². The Balaban J connectivity index is 2.10. The highest BCUT2D eigenvalue weighted by molar-refractivity contribution is 6.31. The molecule has 0 amide bonds. The molecule has 4 heteroatoms. The van der Waals surface area contributed by atoms with Gasteiger partial charge in [-0.3, -0.25) is 0 Å². The minimum Gasteiger partial charge on any atom is -0.381 e. The first-order chi connectivity index (χ1) is 8.15. The van der Waals surface area contributed by atoms with Crippen molar-refractivity contribution in [3.05, 3.63) is 64.7 Å². The predicted octanol–water partition coefficient (Wildman–Crippen LogP) is 4.23. The molecule has 0 aliphatic rings. The van der Waals surface area contributed by atoms with Gasteiger partial charge in [0.1, 0.15) is 11.6 Å². The van der Waals surface area contributed by atoms with Gasteiger partial charge in [0.05, 0.1) is 0 Å². The summed E-state index contributed by atoms with van der Waals surface area (Å²) in [6.45, 7) is 0.419. The maximum atomic E-state index is 12.9. The van der Waals surface area contributed by atoms with Gasteiger partial charge in [0.2, 0.25) is 0 Å². The number of benzene rings is 2. The summed E-state index contributed by atoms with van der Waals surface area (Å²) < 4.78 is 25.9. The fraction of sp³-hybridized carbons (Fsp3) is 0.0769. The molecular weight excluding hydrogens is 244 g/mol. The van der Waals surface area contributed by atoms with Gasteiger partial charge in [-0.1, -0.05) is 29.8 Å². The van der Waals surface area contributed by atoms with E-state index in [0.717, 1.165) is 11.6 Å². The highest BCUT2D eigenvalue weighted by Crippen LogP contribution is 2.18. The van der Waals surface area contributed by atoms with Crippen molar-refractivity contribution in [2.24, 2.45) is 0 Å². The first-order valence-electron chi connectivity index (χ1n) is 5.08. The smallest absolute Gasteiger partial charge is 0.128 e. The Kier molecular flexibility index (Phi) is 3.59. The fourth-order valence-electron chi connectivity index (χ4n) is 1.49. The molecule has 0 spiro atoms. The third-order valence-corrected chi connectivity index (χ3v) is 2.67. The Labute approximate surface area is 103 Å². The van der Waals surface area contributed by atoms with E-state index in [1.807, 2.05) is 18.2 Å². The van der Waals surface area contributed by atoms with E-state index in [-0.39, 0.29) is 0 Å². The molecule has 0 saturated carbocycles. The minimum atomic E-state index is -0.605. The van der Waals surface area contributed by atoms with Crippen LogP contribution in [0.1, 0.15) is 5.56 Å². The van der Waals surface area contributed by atoms with E-state index in [4.69, 9.17) is 11.6 Å². The molecule has 0 atom stereocenters. The van der Waals surface area contributed by atoms with Crippen molar-refractivity contribution < 1.29 is 8.78 Å². The average molecular weight is 254 g/mol. The zero-order chi connectivity index (χ0) is 12.3. The van der Waals surface area contributed by atoms with E-state index in [1.165, 1.54) is 12.1 Å². The molecule has 1 nitrogen and oxygen atoms in total. The van der Waals surface area contributed by atoms with Crippen LogP contribution < -0.4 is 5.32 Å². The average Bonchev–Trinajstić information content (AvgIpc) is 2.27. The van der Waals surface area contributed by atoms with E-state index in [9.17, 15) is 8.78 Å². The molecule has 0 heterocycles. The summed E-state index contributed by atoms with van der Waals surface area (Å²) in [5.74, 6) is -1.21. The highest BCUT2D eigenvalue weighted by Gasteiger charge is 2.02. The van der Waals surface area contributed by atoms with Gasteiger partial charge in [-0.25, -0.2) is 8.78 Å². The van der Waals surface area contributed by atoms with E-state index in [2.05, 4.69) is 5.32 Å². The summed E-state index contributed by atoms with van der Waals surface area (Å²) in [6.07, 6.45) is 0. The van der Waals surface area contributed by atoms with Crippen LogP contribution in [0.3, 0.4) is 0 Å². The van der Waals surface area contributed by atoms with Crippen LogP contribution in [0.5, 0.6) is 0 Å². The molecule has 0 fully saturated rings. The number of rotatable bonds is 3. The van der Waals surface area contributed by atoms with E-state index in [1.54, 1.807) is 6.07 Å². The molecule has 0 unspecified atom stereocenters. The quantitative estimate of drug-likeness (QED) is 0.863. The zero-order valence-corrected chi connectivity index (χ0v) is 9.64. The lowest BCUT2D eigenvalue weighted by Crippen LogP contribution is -2.00. The van der Waals surface area contributed by atoms with Crippen LogP contribution in [0.25, 0.3) is 0 Å². The second-order valence-electron chi connectivity index (χ2n) is 3.60. The summed E-state index contributed by atoms with van der Waals surface area (Å²) >= 11 is 5.96. The van der Waals surface area contributed by atoms with Gasteiger partial charge in [0.25, 0.3) is 0 Å². The van der Waals surface area contributed by atoms with Gasteiger partial charge < -0.3 is 5.32 Å². The maximum Gasteiger partial charge on any atom is 0.128 e. The lowest BCUT2D eigenvalue weighted by Gasteiger charge is -2.08.